The van der Waals surface area contributed by atoms with Gasteiger partial charge in [0, 0.05) is 7.05 Å². The number of aromatic amines is 1. The van der Waals surface area contributed by atoms with Gasteiger partial charge in [-0.25, -0.2) is 10.2 Å². The molecule has 0 amide bonds. The molecule has 0 aliphatic heterocycles. The number of nitrogens with one attached hydrogen (secondary N) is 2. The molecule has 9 heteroatoms. The summed E-state index contributed by atoms with van der Waals surface area (Å²) < 4.78 is 3.00. The van der Waals surface area contributed by atoms with Gasteiger partial charge < -0.3 is 5.11 Å². The number of phenolic OH excluding ortho intramolecular Hbond substituents is 1. The van der Waals surface area contributed by atoms with Crippen molar-refractivity contribution in [1.82, 2.24) is 19.1 Å². The van der Waals surface area contributed by atoms with Crippen LogP contribution in [0.3, 0.4) is 0 Å². The van der Waals surface area contributed by atoms with Crippen LogP contribution in [-0.2, 0) is 13.6 Å². The summed E-state index contributed by atoms with van der Waals surface area (Å²) in [5, 5.41) is 13.9. The second-order valence-corrected chi connectivity index (χ2v) is 7.35. The molecule has 0 aliphatic carbocycles. The molecule has 4 rings (SSSR count). The molecule has 0 atom stereocenters. The Bertz CT molecular complexity index is 1390. The van der Waals surface area contributed by atoms with Crippen LogP contribution < -0.4 is 16.7 Å². The van der Waals surface area contributed by atoms with Gasteiger partial charge in [0.1, 0.15) is 5.75 Å². The van der Waals surface area contributed by atoms with Crippen LogP contribution in [0.5, 0.6) is 5.75 Å². The maximum Gasteiger partial charge on any atom is 0.329 e. The first-order valence-electron chi connectivity index (χ1n) is 9.68. The Labute approximate surface area is 177 Å². The Hall–Kier alpha value is -4.14. The molecule has 31 heavy (non-hydrogen) atoms. The average molecular weight is 418 g/mol. The Morgan fingerprint density at radius 2 is 1.81 bits per heavy atom. The van der Waals surface area contributed by atoms with E-state index in [9.17, 15) is 14.7 Å². The predicted molar refractivity (Wildman–Crippen MR) is 120 cm³/mol. The van der Waals surface area contributed by atoms with Gasteiger partial charge in [0.2, 0.25) is 5.95 Å². The monoisotopic (exact) mass is 418 g/mol. The molecule has 0 saturated carbocycles. The summed E-state index contributed by atoms with van der Waals surface area (Å²) in [5.74, 6) is 0.505. The zero-order valence-corrected chi connectivity index (χ0v) is 17.4. The minimum Gasteiger partial charge on any atom is -0.508 e. The Morgan fingerprint density at radius 1 is 1.13 bits per heavy atom. The number of aryl methyl sites for hydroxylation is 2. The number of aromatic nitrogens is 4. The van der Waals surface area contributed by atoms with Crippen molar-refractivity contribution in [1.29, 1.82) is 0 Å². The molecule has 0 saturated heterocycles. The molecule has 0 radical (unpaired) electrons. The van der Waals surface area contributed by atoms with Crippen LogP contribution in [0.15, 0.2) is 63.2 Å². The third kappa shape index (κ3) is 3.97. The lowest BCUT2D eigenvalue weighted by molar-refractivity contribution is 0.475. The molecule has 0 fully saturated rings. The van der Waals surface area contributed by atoms with E-state index >= 15 is 0 Å². The van der Waals surface area contributed by atoms with Gasteiger partial charge in [0.05, 0.1) is 12.3 Å². The van der Waals surface area contributed by atoms with Crippen molar-refractivity contribution in [2.24, 2.45) is 12.1 Å². The summed E-state index contributed by atoms with van der Waals surface area (Å²) in [5.41, 5.74) is 6.02. The lowest BCUT2D eigenvalue weighted by atomic mass is 10.1. The highest BCUT2D eigenvalue weighted by atomic mass is 16.3. The highest BCUT2D eigenvalue weighted by Gasteiger charge is 2.17. The highest BCUT2D eigenvalue weighted by molar-refractivity contribution is 5.99. The summed E-state index contributed by atoms with van der Waals surface area (Å²) >= 11 is 0. The smallest absolute Gasteiger partial charge is 0.329 e. The van der Waals surface area contributed by atoms with Gasteiger partial charge in [-0.1, -0.05) is 29.8 Å². The van der Waals surface area contributed by atoms with Gasteiger partial charge in [0.15, 0.2) is 11.2 Å². The van der Waals surface area contributed by atoms with Crippen LogP contribution in [0.4, 0.5) is 5.95 Å². The number of H-pyrrole nitrogens is 1. The number of rotatable bonds is 5. The number of hydrogen-bond donors (Lipinski definition) is 3. The van der Waals surface area contributed by atoms with Gasteiger partial charge in [0.25, 0.3) is 5.56 Å². The maximum absolute atomic E-state index is 12.6. The summed E-state index contributed by atoms with van der Waals surface area (Å²) in [6.07, 6.45) is 0. The molecule has 2 aromatic carbocycles. The van der Waals surface area contributed by atoms with Crippen LogP contribution >= 0.6 is 0 Å². The maximum atomic E-state index is 12.6. The predicted octanol–water partition coefficient (Wildman–Crippen LogP) is 2.32. The molecule has 3 N–H and O–H groups in total. The molecule has 2 aromatic heterocycles. The normalized spacial score (nSPS) is 11.8. The quantitative estimate of drug-likeness (QED) is 0.340. The van der Waals surface area contributed by atoms with E-state index in [1.807, 2.05) is 38.1 Å². The van der Waals surface area contributed by atoms with E-state index in [2.05, 4.69) is 20.5 Å². The topological polar surface area (TPSA) is 117 Å². The Kier molecular flexibility index (Phi) is 5.16. The van der Waals surface area contributed by atoms with Crippen LogP contribution in [0.25, 0.3) is 11.2 Å². The first-order chi connectivity index (χ1) is 14.8. The molecule has 0 spiro atoms. The number of nitrogens with zero attached hydrogens (tertiary/aromatic N) is 4. The molecule has 4 aromatic rings. The van der Waals surface area contributed by atoms with E-state index in [4.69, 9.17) is 0 Å². The van der Waals surface area contributed by atoms with Gasteiger partial charge in [-0.05, 0) is 49.2 Å². The number of imidazole rings is 1. The first-order valence-corrected chi connectivity index (χ1v) is 9.68. The van der Waals surface area contributed by atoms with Crippen LogP contribution in [0.1, 0.15) is 23.6 Å². The second-order valence-electron chi connectivity index (χ2n) is 7.35. The highest BCUT2D eigenvalue weighted by Crippen LogP contribution is 2.18. The van der Waals surface area contributed by atoms with E-state index in [0.29, 0.717) is 18.2 Å². The molecule has 0 aliphatic rings. The van der Waals surface area contributed by atoms with Crippen LogP contribution in [0.2, 0.25) is 0 Å². The third-order valence-electron chi connectivity index (χ3n) is 5.08. The van der Waals surface area contributed by atoms with E-state index in [-0.39, 0.29) is 16.9 Å². The van der Waals surface area contributed by atoms with Crippen molar-refractivity contribution in [2.75, 3.05) is 5.43 Å². The van der Waals surface area contributed by atoms with Gasteiger partial charge in [-0.3, -0.25) is 18.9 Å². The van der Waals surface area contributed by atoms with Gasteiger partial charge >= 0.3 is 5.69 Å². The van der Waals surface area contributed by atoms with Gasteiger partial charge in [-0.2, -0.15) is 10.1 Å². The van der Waals surface area contributed by atoms with E-state index in [0.717, 1.165) is 16.7 Å². The summed E-state index contributed by atoms with van der Waals surface area (Å²) in [6, 6.07) is 14.6. The minimum atomic E-state index is -0.534. The second kappa shape index (κ2) is 7.94. The van der Waals surface area contributed by atoms with Crippen LogP contribution in [-0.4, -0.2) is 29.9 Å². The van der Waals surface area contributed by atoms with Gasteiger partial charge in [-0.15, -0.1) is 0 Å². The largest absolute Gasteiger partial charge is 0.508 e. The standard InChI is InChI=1S/C22H22N6O3/c1-13-4-6-15(7-5-13)12-28-18-19(27(3)22(31)24-20(18)30)23-21(28)26-25-14(2)16-8-10-17(29)11-9-16/h4-11,29H,12H2,1-3H3,(H,23,26)(H,24,30,31). The fourth-order valence-corrected chi connectivity index (χ4v) is 3.25. The molecular weight excluding hydrogens is 396 g/mol. The summed E-state index contributed by atoms with van der Waals surface area (Å²) in [6.45, 7) is 4.19. The van der Waals surface area contributed by atoms with Crippen molar-refractivity contribution in [2.45, 2.75) is 20.4 Å². The molecule has 2 heterocycles. The molecular formula is C22H22N6O3. The molecule has 158 valence electrons. The lowest BCUT2D eigenvalue weighted by Crippen LogP contribution is -2.29. The fourth-order valence-electron chi connectivity index (χ4n) is 3.25. The van der Waals surface area contributed by atoms with E-state index < -0.39 is 11.2 Å². The SMILES string of the molecule is CC(=NNc1nc2c(c(=O)[nH]c(=O)n2C)n1Cc1ccc(C)cc1)c1ccc(O)cc1. The number of benzene rings is 2. The van der Waals surface area contributed by atoms with Crippen molar-refractivity contribution < 1.29 is 5.11 Å². The van der Waals surface area contributed by atoms with Crippen molar-refractivity contribution in [3.8, 4) is 5.75 Å². The number of fused-ring (bicyclic) bond motifs is 1. The summed E-state index contributed by atoms with van der Waals surface area (Å²) in [4.78, 5) is 31.4. The number of hydrogen-bond acceptors (Lipinski definition) is 6. The Morgan fingerprint density at radius 3 is 2.48 bits per heavy atom. The molecule has 9 nitrogen and oxygen atoms in total. The zero-order chi connectivity index (χ0) is 22.1. The summed E-state index contributed by atoms with van der Waals surface area (Å²) in [7, 11) is 1.55. The lowest BCUT2D eigenvalue weighted by Gasteiger charge is -2.09. The Balaban J connectivity index is 1.80. The number of anilines is 1. The fraction of sp³-hybridized carbons (Fsp3) is 0.182. The minimum absolute atomic E-state index is 0.171. The first kappa shape index (κ1) is 20.1. The molecule has 0 bridgehead atoms. The van der Waals surface area contributed by atoms with Crippen molar-refractivity contribution in [3.63, 3.8) is 0 Å². The third-order valence-corrected chi connectivity index (χ3v) is 5.08. The van der Waals surface area contributed by atoms with Crippen molar-refractivity contribution >= 4 is 22.8 Å². The zero-order valence-electron chi connectivity index (χ0n) is 17.4. The van der Waals surface area contributed by atoms with Crippen molar-refractivity contribution in [3.05, 3.63) is 86.1 Å². The number of hydrazone groups is 1. The number of aromatic hydroxyl groups is 1. The van der Waals surface area contributed by atoms with E-state index in [1.54, 1.807) is 35.9 Å². The number of phenols is 1. The molecule has 0 unspecified atom stereocenters. The van der Waals surface area contributed by atoms with E-state index in [1.165, 1.54) is 4.57 Å². The average Bonchev–Trinajstić information content (AvgIpc) is 3.11. The van der Waals surface area contributed by atoms with Crippen LogP contribution in [0, 0.1) is 6.92 Å².